The molecule has 0 unspecified atom stereocenters. The molecule has 0 bridgehead atoms. The summed E-state index contributed by atoms with van der Waals surface area (Å²) in [6.07, 6.45) is 3.33. The highest BCUT2D eigenvalue weighted by molar-refractivity contribution is 5.81. The molecule has 0 amide bonds. The first-order valence-corrected chi connectivity index (χ1v) is 9.72. The molecule has 1 aliphatic rings. The number of halogens is 2. The van der Waals surface area contributed by atoms with Gasteiger partial charge in [-0.1, -0.05) is 0 Å². The first-order chi connectivity index (χ1) is 14.0. The average molecular weight is 402 g/mol. The fourth-order valence-electron chi connectivity index (χ4n) is 3.75. The van der Waals surface area contributed by atoms with Gasteiger partial charge in [-0.2, -0.15) is 0 Å². The van der Waals surface area contributed by atoms with Crippen molar-refractivity contribution in [3.63, 3.8) is 0 Å². The summed E-state index contributed by atoms with van der Waals surface area (Å²) in [6.45, 7) is 4.01. The van der Waals surface area contributed by atoms with E-state index >= 15 is 0 Å². The molecule has 0 spiro atoms. The van der Waals surface area contributed by atoms with Gasteiger partial charge in [-0.3, -0.25) is 14.3 Å². The molecule has 3 aromatic rings. The topological polar surface area (TPSA) is 59.2 Å². The third-order valence-electron chi connectivity index (χ3n) is 5.45. The number of imidazole rings is 1. The second kappa shape index (κ2) is 8.28. The number of alkyl halides is 2. The van der Waals surface area contributed by atoms with Crippen LogP contribution < -0.4 is 10.5 Å². The number of nitrogens with zero attached hydrogens (tertiary/aromatic N) is 6. The molecule has 0 radical (unpaired) electrons. The zero-order valence-electron chi connectivity index (χ0n) is 16.3. The smallest absolute Gasteiger partial charge is 0.261 e. The summed E-state index contributed by atoms with van der Waals surface area (Å²) < 4.78 is 28.2. The number of hydrogen-bond donors (Lipinski definition) is 0. The second-order valence-electron chi connectivity index (χ2n) is 7.33. The largest absolute Gasteiger partial charge is 0.369 e. The van der Waals surface area contributed by atoms with Gasteiger partial charge in [0.15, 0.2) is 0 Å². The van der Waals surface area contributed by atoms with Crippen molar-refractivity contribution in [2.75, 3.05) is 37.6 Å². The summed E-state index contributed by atoms with van der Waals surface area (Å²) in [5.74, 6) is 1.09. The predicted molar refractivity (Wildman–Crippen MR) is 108 cm³/mol. The summed E-state index contributed by atoms with van der Waals surface area (Å²) in [5, 5.41) is 0.366. The van der Waals surface area contributed by atoms with Crippen molar-refractivity contribution in [3.8, 4) is 0 Å². The monoisotopic (exact) mass is 402 g/mol. The summed E-state index contributed by atoms with van der Waals surface area (Å²) in [7, 11) is 2.01. The lowest BCUT2D eigenvalue weighted by atomic mass is 10.2. The zero-order chi connectivity index (χ0) is 20.4. The molecule has 0 atom stereocenters. The van der Waals surface area contributed by atoms with E-state index in [1.165, 1.54) is 6.33 Å². The molecule has 9 heteroatoms. The minimum Gasteiger partial charge on any atom is -0.369 e. The van der Waals surface area contributed by atoms with E-state index in [2.05, 4.69) is 19.8 Å². The van der Waals surface area contributed by atoms with Crippen LogP contribution in [0.5, 0.6) is 0 Å². The number of piperazine rings is 1. The quantitative estimate of drug-likeness (QED) is 0.629. The Bertz CT molecular complexity index is 1040. The maximum Gasteiger partial charge on any atom is 0.261 e. The molecule has 0 aliphatic carbocycles. The number of anilines is 1. The third kappa shape index (κ3) is 4.29. The Morgan fingerprint density at radius 2 is 1.93 bits per heavy atom. The van der Waals surface area contributed by atoms with Crippen LogP contribution in [0.25, 0.3) is 10.9 Å². The van der Waals surface area contributed by atoms with E-state index in [4.69, 9.17) is 0 Å². The Labute approximate surface area is 167 Å². The number of aryl methyl sites for hydroxylation is 1. The highest BCUT2D eigenvalue weighted by Crippen LogP contribution is 2.20. The van der Waals surface area contributed by atoms with Gasteiger partial charge in [-0.25, -0.2) is 18.7 Å². The molecule has 29 heavy (non-hydrogen) atoms. The van der Waals surface area contributed by atoms with Gasteiger partial charge in [0.1, 0.15) is 5.82 Å². The van der Waals surface area contributed by atoms with Gasteiger partial charge in [0.2, 0.25) is 0 Å². The van der Waals surface area contributed by atoms with Gasteiger partial charge in [-0.05, 0) is 18.2 Å². The summed E-state index contributed by atoms with van der Waals surface area (Å²) in [6, 6.07) is 5.43. The SMILES string of the molecule is Cn1ccnc1CCN1CCN(c2ccc3c(=O)n(CC(F)F)cnc3c2)CC1. The summed E-state index contributed by atoms with van der Waals surface area (Å²) in [4.78, 5) is 25.6. The van der Waals surface area contributed by atoms with Crippen molar-refractivity contribution < 1.29 is 8.78 Å². The molecule has 0 saturated carbocycles. The average Bonchev–Trinajstić information content (AvgIpc) is 3.13. The maximum absolute atomic E-state index is 12.6. The van der Waals surface area contributed by atoms with Gasteiger partial charge < -0.3 is 9.47 Å². The Morgan fingerprint density at radius 3 is 2.62 bits per heavy atom. The van der Waals surface area contributed by atoms with Gasteiger partial charge in [0.05, 0.1) is 23.8 Å². The minimum absolute atomic E-state index is 0.366. The molecule has 1 aromatic carbocycles. The second-order valence-corrected chi connectivity index (χ2v) is 7.33. The normalized spacial score (nSPS) is 15.5. The Hall–Kier alpha value is -2.81. The van der Waals surface area contributed by atoms with Crippen LogP contribution in [0.1, 0.15) is 5.82 Å². The fourth-order valence-corrected chi connectivity index (χ4v) is 3.75. The van der Waals surface area contributed by atoms with Crippen LogP contribution in [0.2, 0.25) is 0 Å². The fraction of sp³-hybridized carbons (Fsp3) is 0.450. The molecular formula is C20H24F2N6O. The zero-order valence-corrected chi connectivity index (χ0v) is 16.3. The van der Waals surface area contributed by atoms with Crippen molar-refractivity contribution in [2.45, 2.75) is 19.4 Å². The van der Waals surface area contributed by atoms with Crippen molar-refractivity contribution in [3.05, 3.63) is 53.1 Å². The van der Waals surface area contributed by atoms with E-state index < -0.39 is 18.5 Å². The highest BCUT2D eigenvalue weighted by atomic mass is 19.3. The lowest BCUT2D eigenvalue weighted by Gasteiger charge is -2.36. The molecule has 1 aliphatic heterocycles. The van der Waals surface area contributed by atoms with E-state index in [1.807, 2.05) is 36.1 Å². The molecule has 2 aromatic heterocycles. The molecule has 0 N–H and O–H groups in total. The van der Waals surface area contributed by atoms with Crippen LogP contribution >= 0.6 is 0 Å². The Balaban J connectivity index is 1.40. The van der Waals surface area contributed by atoms with Crippen molar-refractivity contribution in [1.82, 2.24) is 24.0 Å². The molecule has 3 heterocycles. The third-order valence-corrected chi connectivity index (χ3v) is 5.45. The van der Waals surface area contributed by atoms with E-state index in [-0.39, 0.29) is 0 Å². The molecule has 1 fully saturated rings. The van der Waals surface area contributed by atoms with Crippen LogP contribution in [-0.2, 0) is 20.0 Å². The Kier molecular flexibility index (Phi) is 5.57. The highest BCUT2D eigenvalue weighted by Gasteiger charge is 2.18. The van der Waals surface area contributed by atoms with E-state index in [1.54, 1.807) is 6.07 Å². The van der Waals surface area contributed by atoms with Gasteiger partial charge in [-0.15, -0.1) is 0 Å². The number of rotatable bonds is 6. The van der Waals surface area contributed by atoms with E-state index in [0.717, 1.165) is 55.2 Å². The van der Waals surface area contributed by atoms with Crippen molar-refractivity contribution >= 4 is 16.6 Å². The predicted octanol–water partition coefficient (Wildman–Crippen LogP) is 1.76. The molecule has 7 nitrogen and oxygen atoms in total. The Morgan fingerprint density at radius 1 is 1.14 bits per heavy atom. The summed E-state index contributed by atoms with van der Waals surface area (Å²) >= 11 is 0. The van der Waals surface area contributed by atoms with Crippen LogP contribution in [-0.4, -0.2) is 63.2 Å². The van der Waals surface area contributed by atoms with Crippen molar-refractivity contribution in [1.29, 1.82) is 0 Å². The number of hydrogen-bond acceptors (Lipinski definition) is 5. The lowest BCUT2D eigenvalue weighted by Crippen LogP contribution is -2.47. The van der Waals surface area contributed by atoms with Crippen molar-refractivity contribution in [2.24, 2.45) is 7.05 Å². The lowest BCUT2D eigenvalue weighted by molar-refractivity contribution is 0.125. The number of aromatic nitrogens is 4. The van der Waals surface area contributed by atoms with Crippen LogP contribution in [0.3, 0.4) is 0 Å². The maximum atomic E-state index is 12.6. The van der Waals surface area contributed by atoms with Gasteiger partial charge >= 0.3 is 0 Å². The van der Waals surface area contributed by atoms with Crippen LogP contribution in [0.4, 0.5) is 14.5 Å². The standard InChI is InChI=1S/C20H24F2N6O/c1-25-7-5-23-19(25)4-6-26-8-10-27(11-9-26)15-2-3-16-17(12-15)24-14-28(20(16)29)13-18(21)22/h2-3,5,7,12,14,18H,4,6,8-11,13H2,1H3. The van der Waals surface area contributed by atoms with Crippen LogP contribution in [0, 0.1) is 0 Å². The first kappa shape index (κ1) is 19.5. The molecule has 1 saturated heterocycles. The van der Waals surface area contributed by atoms with Crippen LogP contribution in [0.15, 0.2) is 41.7 Å². The summed E-state index contributed by atoms with van der Waals surface area (Å²) in [5.41, 5.74) is 1.11. The van der Waals surface area contributed by atoms with Gasteiger partial charge in [0.25, 0.3) is 12.0 Å². The molecule has 154 valence electrons. The minimum atomic E-state index is -2.58. The molecule has 4 rings (SSSR count). The van der Waals surface area contributed by atoms with Gasteiger partial charge in [0, 0.05) is 64.3 Å². The number of benzene rings is 1. The molecular weight excluding hydrogens is 378 g/mol. The first-order valence-electron chi connectivity index (χ1n) is 9.72. The number of fused-ring (bicyclic) bond motifs is 1. The van der Waals surface area contributed by atoms with E-state index in [9.17, 15) is 13.6 Å². The van der Waals surface area contributed by atoms with E-state index in [0.29, 0.717) is 10.9 Å².